The number of carbonyl (C=O) groups is 1. The number of nitro groups is 1. The summed E-state index contributed by atoms with van der Waals surface area (Å²) >= 11 is 0. The topological polar surface area (TPSA) is 109 Å². The molecule has 0 bridgehead atoms. The van der Waals surface area contributed by atoms with E-state index in [1.54, 1.807) is 30.3 Å². The van der Waals surface area contributed by atoms with E-state index in [0.717, 1.165) is 5.56 Å². The third-order valence-corrected chi connectivity index (χ3v) is 4.91. The summed E-state index contributed by atoms with van der Waals surface area (Å²) in [7, 11) is 1.53. The van der Waals surface area contributed by atoms with Crippen molar-refractivity contribution in [2.45, 2.75) is 25.9 Å². The molecular formula is C22H20N4O5. The van der Waals surface area contributed by atoms with Crippen molar-refractivity contribution < 1.29 is 19.2 Å². The lowest BCUT2D eigenvalue weighted by Crippen LogP contribution is -2.24. The number of ether oxygens (including phenoxy) is 2. The molecule has 0 saturated heterocycles. The van der Waals surface area contributed by atoms with Gasteiger partial charge in [-0.05, 0) is 49.8 Å². The largest absolute Gasteiger partial charge is 0.493 e. The number of hydrogen-bond donors (Lipinski definition) is 0. The minimum absolute atomic E-state index is 0.0308. The number of aromatic nitrogens is 3. The summed E-state index contributed by atoms with van der Waals surface area (Å²) in [4.78, 5) is 27.9. The van der Waals surface area contributed by atoms with Gasteiger partial charge in [-0.25, -0.2) is 9.67 Å². The molecule has 2 aromatic carbocycles. The zero-order valence-corrected chi connectivity index (χ0v) is 17.2. The molecule has 158 valence electrons. The normalized spacial score (nSPS) is 14.6. The number of ketones is 1. The number of carbonyl (C=O) groups excluding carboxylic acids is 1. The third kappa shape index (κ3) is 4.02. The smallest absolute Gasteiger partial charge is 0.269 e. The molecule has 0 aliphatic carbocycles. The number of benzene rings is 2. The van der Waals surface area contributed by atoms with Crippen LogP contribution in [0.5, 0.6) is 11.5 Å². The minimum atomic E-state index is -0.475. The highest BCUT2D eigenvalue weighted by atomic mass is 16.6. The summed E-state index contributed by atoms with van der Waals surface area (Å²) in [5, 5.41) is 15.0. The lowest BCUT2D eigenvalue weighted by Gasteiger charge is -2.17. The van der Waals surface area contributed by atoms with E-state index in [4.69, 9.17) is 9.47 Å². The first-order valence-electron chi connectivity index (χ1n) is 9.53. The van der Waals surface area contributed by atoms with Gasteiger partial charge in [0.2, 0.25) is 5.78 Å². The number of Topliss-reactive ketones (excluding diaryl/α,β-unsaturated/α-hetero) is 1. The Morgan fingerprint density at radius 2 is 2.03 bits per heavy atom. The fraction of sp³-hybridized carbons (Fsp3) is 0.227. The first kappa shape index (κ1) is 20.3. The third-order valence-electron chi connectivity index (χ3n) is 4.91. The lowest BCUT2D eigenvalue weighted by atomic mass is 9.97. The molecule has 1 aromatic heterocycles. The summed E-state index contributed by atoms with van der Waals surface area (Å²) in [5.74, 6) is 0.833. The van der Waals surface area contributed by atoms with Crippen LogP contribution < -0.4 is 9.47 Å². The Morgan fingerprint density at radius 1 is 1.29 bits per heavy atom. The standard InChI is InChI=1S/C22H20N4O5/c1-22(2)11-16-9-15(10-19(30-3)21(16)31-22)20(27)18(25-13-23-12-24-25)8-14-4-6-17(7-5-14)26(28)29/h4-10,12-13H,11H2,1-3H3. The zero-order valence-electron chi connectivity index (χ0n) is 17.2. The first-order chi connectivity index (χ1) is 14.8. The Bertz CT molecular complexity index is 1180. The predicted molar refractivity (Wildman–Crippen MR) is 113 cm³/mol. The molecule has 4 rings (SSSR count). The predicted octanol–water partition coefficient (Wildman–Crippen LogP) is 3.79. The van der Waals surface area contributed by atoms with Gasteiger partial charge >= 0.3 is 0 Å². The quantitative estimate of drug-likeness (QED) is 0.258. The Hall–Kier alpha value is -4.01. The summed E-state index contributed by atoms with van der Waals surface area (Å²) in [6, 6.07) is 9.35. The maximum Gasteiger partial charge on any atom is 0.269 e. The van der Waals surface area contributed by atoms with Gasteiger partial charge in [0.05, 0.1) is 12.0 Å². The molecule has 0 atom stereocenters. The van der Waals surface area contributed by atoms with Crippen LogP contribution in [0.1, 0.15) is 35.3 Å². The van der Waals surface area contributed by atoms with E-state index in [1.807, 2.05) is 13.8 Å². The number of methoxy groups -OCH3 is 1. The van der Waals surface area contributed by atoms with E-state index in [-0.39, 0.29) is 22.8 Å². The Labute approximate surface area is 178 Å². The van der Waals surface area contributed by atoms with Crippen molar-refractivity contribution in [1.82, 2.24) is 14.8 Å². The molecule has 9 heteroatoms. The fourth-order valence-electron chi connectivity index (χ4n) is 3.53. The molecule has 2 heterocycles. The van der Waals surface area contributed by atoms with Crippen LogP contribution in [0, 0.1) is 10.1 Å². The number of nitrogens with zero attached hydrogens (tertiary/aromatic N) is 4. The molecule has 1 aliphatic rings. The maximum absolute atomic E-state index is 13.5. The van der Waals surface area contributed by atoms with Crippen molar-refractivity contribution >= 4 is 23.2 Å². The number of fused-ring (bicyclic) bond motifs is 1. The number of rotatable bonds is 6. The van der Waals surface area contributed by atoms with Crippen LogP contribution in [0.3, 0.4) is 0 Å². The van der Waals surface area contributed by atoms with Crippen molar-refractivity contribution in [3.8, 4) is 11.5 Å². The summed E-state index contributed by atoms with van der Waals surface area (Å²) in [6.07, 6.45) is 5.01. The highest BCUT2D eigenvalue weighted by Gasteiger charge is 2.34. The average Bonchev–Trinajstić information content (AvgIpc) is 3.37. The molecular weight excluding hydrogens is 400 g/mol. The molecule has 1 aliphatic heterocycles. The van der Waals surface area contributed by atoms with Crippen molar-refractivity contribution in [2.24, 2.45) is 0 Å². The van der Waals surface area contributed by atoms with E-state index < -0.39 is 4.92 Å². The van der Waals surface area contributed by atoms with Gasteiger partial charge in [0.15, 0.2) is 11.5 Å². The van der Waals surface area contributed by atoms with Crippen LogP contribution in [-0.2, 0) is 6.42 Å². The summed E-state index contributed by atoms with van der Waals surface area (Å²) in [6.45, 7) is 3.95. The van der Waals surface area contributed by atoms with Crippen LogP contribution in [0.2, 0.25) is 0 Å². The zero-order chi connectivity index (χ0) is 22.2. The van der Waals surface area contributed by atoms with Crippen LogP contribution in [-0.4, -0.2) is 38.2 Å². The van der Waals surface area contributed by atoms with Gasteiger partial charge in [-0.2, -0.15) is 5.10 Å². The molecule has 31 heavy (non-hydrogen) atoms. The molecule has 9 nitrogen and oxygen atoms in total. The Kier molecular flexibility index (Phi) is 5.02. The second-order valence-electron chi connectivity index (χ2n) is 7.75. The van der Waals surface area contributed by atoms with Crippen LogP contribution in [0.15, 0.2) is 49.1 Å². The highest BCUT2D eigenvalue weighted by Crippen LogP contribution is 2.43. The number of allylic oxidation sites excluding steroid dienone is 1. The molecule has 0 radical (unpaired) electrons. The van der Waals surface area contributed by atoms with Gasteiger partial charge in [-0.15, -0.1) is 0 Å². The second-order valence-corrected chi connectivity index (χ2v) is 7.75. The maximum atomic E-state index is 13.5. The van der Waals surface area contributed by atoms with E-state index >= 15 is 0 Å². The van der Waals surface area contributed by atoms with Gasteiger partial charge in [0.1, 0.15) is 24.0 Å². The van der Waals surface area contributed by atoms with Crippen LogP contribution >= 0.6 is 0 Å². The molecule has 0 saturated carbocycles. The molecule has 3 aromatic rings. The number of hydrogen-bond acceptors (Lipinski definition) is 7. The first-order valence-corrected chi connectivity index (χ1v) is 9.53. The Balaban J connectivity index is 1.77. The van der Waals surface area contributed by atoms with Gasteiger partial charge < -0.3 is 9.47 Å². The molecule has 0 spiro atoms. The van der Waals surface area contributed by atoms with Crippen molar-refractivity contribution in [1.29, 1.82) is 0 Å². The molecule has 0 fully saturated rings. The molecule has 0 amide bonds. The number of non-ortho nitro benzene ring substituents is 1. The highest BCUT2D eigenvalue weighted by molar-refractivity contribution is 6.28. The SMILES string of the molecule is COc1cc(C(=O)C(=Cc2ccc([N+](=O)[O-])cc2)n2cncn2)cc2c1OC(C)(C)C2. The summed E-state index contributed by atoms with van der Waals surface area (Å²) < 4.78 is 12.8. The summed E-state index contributed by atoms with van der Waals surface area (Å²) in [5.41, 5.74) is 1.74. The molecule has 0 unspecified atom stereocenters. The lowest BCUT2D eigenvalue weighted by molar-refractivity contribution is -0.384. The van der Waals surface area contributed by atoms with Crippen molar-refractivity contribution in [3.05, 3.63) is 75.9 Å². The van der Waals surface area contributed by atoms with E-state index in [9.17, 15) is 14.9 Å². The van der Waals surface area contributed by atoms with Gasteiger partial charge in [0.25, 0.3) is 5.69 Å². The average molecular weight is 420 g/mol. The van der Waals surface area contributed by atoms with E-state index in [0.29, 0.717) is 29.0 Å². The molecule has 0 N–H and O–H groups in total. The van der Waals surface area contributed by atoms with Crippen LogP contribution in [0.4, 0.5) is 5.69 Å². The van der Waals surface area contributed by atoms with E-state index in [2.05, 4.69) is 10.1 Å². The fourth-order valence-corrected chi connectivity index (χ4v) is 3.53. The van der Waals surface area contributed by atoms with Gasteiger partial charge in [-0.1, -0.05) is 0 Å². The van der Waals surface area contributed by atoms with Gasteiger partial charge in [0, 0.05) is 29.7 Å². The van der Waals surface area contributed by atoms with Crippen molar-refractivity contribution in [3.63, 3.8) is 0 Å². The van der Waals surface area contributed by atoms with Crippen molar-refractivity contribution in [2.75, 3.05) is 7.11 Å². The van der Waals surface area contributed by atoms with Gasteiger partial charge in [-0.3, -0.25) is 14.9 Å². The van der Waals surface area contributed by atoms with E-state index in [1.165, 1.54) is 36.6 Å². The number of nitro benzene ring substituents is 1. The monoisotopic (exact) mass is 420 g/mol. The van der Waals surface area contributed by atoms with Crippen LogP contribution in [0.25, 0.3) is 11.8 Å². The second kappa shape index (κ2) is 7.67. The minimum Gasteiger partial charge on any atom is -0.493 e. The Morgan fingerprint density at radius 3 is 2.65 bits per heavy atom.